The van der Waals surface area contributed by atoms with Crippen molar-refractivity contribution in [3.05, 3.63) is 78.1 Å². The number of methoxy groups -OCH3 is 1. The molecule has 0 radical (unpaired) electrons. The molecule has 2 atom stereocenters. The maximum atomic E-state index is 13.5. The lowest BCUT2D eigenvalue weighted by Gasteiger charge is -2.30. The number of aromatic nitrogens is 4. The van der Waals surface area contributed by atoms with Gasteiger partial charge in [-0.3, -0.25) is 9.59 Å². The first-order valence-corrected chi connectivity index (χ1v) is 17.1. The zero-order chi connectivity index (χ0) is 34.7. The van der Waals surface area contributed by atoms with Gasteiger partial charge in [-0.15, -0.1) is 0 Å². The summed E-state index contributed by atoms with van der Waals surface area (Å²) >= 11 is 0. The second kappa shape index (κ2) is 14.5. The van der Waals surface area contributed by atoms with Crippen molar-refractivity contribution in [3.8, 4) is 33.6 Å². The highest BCUT2D eigenvalue weighted by atomic mass is 16.5. The minimum Gasteiger partial charge on any atom is -0.453 e. The van der Waals surface area contributed by atoms with Crippen LogP contribution in [-0.4, -0.2) is 68.5 Å². The maximum absolute atomic E-state index is 13.5. The number of likely N-dealkylation sites (tertiary alicyclic amines) is 1. The summed E-state index contributed by atoms with van der Waals surface area (Å²) in [7, 11) is 1.29. The lowest BCUT2D eigenvalue weighted by Crippen LogP contribution is -2.51. The SMILES string of the molecule is COC(=O)N[C@H](C(=O)N1CCC[C@H]1c1ncc(-c2ccc(-c3ccc(-c4cnc(C5=C(C(=O)NC(C)C)CCC5)[nH]4)cc3)cc2)[nH]1)C(C)C. The number of H-pyrrole nitrogens is 2. The number of rotatable bonds is 10. The monoisotopic (exact) mass is 663 g/mol. The molecule has 1 aliphatic heterocycles. The normalized spacial score (nSPS) is 16.8. The van der Waals surface area contributed by atoms with E-state index in [9.17, 15) is 14.4 Å². The van der Waals surface area contributed by atoms with Crippen LogP contribution in [-0.2, 0) is 14.3 Å². The van der Waals surface area contributed by atoms with Crippen LogP contribution in [0.2, 0.25) is 0 Å². The molecule has 2 aliphatic rings. The molecule has 4 N–H and O–H groups in total. The molecule has 1 aliphatic carbocycles. The van der Waals surface area contributed by atoms with Gasteiger partial charge in [0.1, 0.15) is 17.7 Å². The first-order valence-electron chi connectivity index (χ1n) is 17.1. The third-order valence-corrected chi connectivity index (χ3v) is 9.34. The number of benzene rings is 2. The van der Waals surface area contributed by atoms with Crippen LogP contribution in [0.1, 0.15) is 77.5 Å². The molecule has 0 spiro atoms. The van der Waals surface area contributed by atoms with Crippen molar-refractivity contribution in [2.75, 3.05) is 13.7 Å². The van der Waals surface area contributed by atoms with E-state index in [1.807, 2.05) is 45.0 Å². The number of imidazole rings is 2. The second-order valence-corrected chi connectivity index (χ2v) is 13.5. The molecule has 3 amide bonds. The maximum Gasteiger partial charge on any atom is 0.407 e. The van der Waals surface area contributed by atoms with Gasteiger partial charge in [0.25, 0.3) is 0 Å². The Morgan fingerprint density at radius 3 is 2.04 bits per heavy atom. The molecule has 11 nitrogen and oxygen atoms in total. The standard InChI is InChI=1S/C38H45N7O4/c1-22(2)33(44-38(48)49-5)37(47)45-19-7-10-32(45)35-40-21-31(43-35)27-17-13-25(14-18-27)24-11-15-26(16-12-24)30-20-39-34(42-30)28-8-6-9-29(28)36(46)41-23(3)4/h11-18,20-23,32-33H,6-10,19H2,1-5H3,(H,39,42)(H,40,43)(H,41,46)(H,44,48)/t32-,33-/m0/s1. The molecule has 6 rings (SSSR count). The smallest absolute Gasteiger partial charge is 0.407 e. The number of hydrogen-bond acceptors (Lipinski definition) is 6. The van der Waals surface area contributed by atoms with E-state index >= 15 is 0 Å². The Labute approximate surface area is 287 Å². The minimum atomic E-state index is -0.673. The molecule has 0 saturated carbocycles. The van der Waals surface area contributed by atoms with E-state index in [1.54, 1.807) is 0 Å². The molecule has 0 bridgehead atoms. The Kier molecular flexibility index (Phi) is 9.98. The van der Waals surface area contributed by atoms with Gasteiger partial charge in [0, 0.05) is 23.7 Å². The summed E-state index contributed by atoms with van der Waals surface area (Å²) < 4.78 is 4.75. The molecule has 11 heteroatoms. The van der Waals surface area contributed by atoms with Gasteiger partial charge in [-0.25, -0.2) is 14.8 Å². The van der Waals surface area contributed by atoms with Gasteiger partial charge in [-0.05, 0) is 74.1 Å². The average Bonchev–Trinajstić information content (AvgIpc) is 3.93. The van der Waals surface area contributed by atoms with E-state index in [1.165, 1.54) is 7.11 Å². The first-order chi connectivity index (χ1) is 23.6. The molecule has 0 unspecified atom stereocenters. The predicted octanol–water partition coefficient (Wildman–Crippen LogP) is 6.64. The van der Waals surface area contributed by atoms with Crippen molar-refractivity contribution in [1.29, 1.82) is 0 Å². The van der Waals surface area contributed by atoms with Gasteiger partial charge >= 0.3 is 6.09 Å². The second-order valence-electron chi connectivity index (χ2n) is 13.5. The first kappa shape index (κ1) is 33.7. The number of nitrogens with one attached hydrogen (secondary N) is 4. The fourth-order valence-electron chi connectivity index (χ4n) is 6.76. The zero-order valence-electron chi connectivity index (χ0n) is 28.8. The van der Waals surface area contributed by atoms with Crippen LogP contribution in [0.15, 0.2) is 66.5 Å². The number of aromatic amines is 2. The summed E-state index contributed by atoms with van der Waals surface area (Å²) in [5.41, 5.74) is 7.83. The van der Waals surface area contributed by atoms with Crippen LogP contribution in [0, 0.1) is 5.92 Å². The molecule has 1 saturated heterocycles. The highest BCUT2D eigenvalue weighted by Gasteiger charge is 2.37. The summed E-state index contributed by atoms with van der Waals surface area (Å²) in [5.74, 6) is 1.29. The predicted molar refractivity (Wildman–Crippen MR) is 189 cm³/mol. The number of hydrogen-bond donors (Lipinski definition) is 4. The Hall–Kier alpha value is -5.19. The van der Waals surface area contributed by atoms with Gasteiger partial charge in [0.2, 0.25) is 11.8 Å². The fourth-order valence-corrected chi connectivity index (χ4v) is 6.76. The van der Waals surface area contributed by atoms with E-state index in [0.717, 1.165) is 88.5 Å². The lowest BCUT2D eigenvalue weighted by atomic mass is 10.0. The number of carbonyl (C=O) groups is 3. The molecular weight excluding hydrogens is 618 g/mol. The van der Waals surface area contributed by atoms with Crippen LogP contribution in [0.25, 0.3) is 39.2 Å². The van der Waals surface area contributed by atoms with Gasteiger partial charge in [-0.2, -0.15) is 0 Å². The van der Waals surface area contributed by atoms with Crippen molar-refractivity contribution in [2.24, 2.45) is 5.92 Å². The van der Waals surface area contributed by atoms with Gasteiger partial charge in [0.05, 0.1) is 36.9 Å². The van der Waals surface area contributed by atoms with Gasteiger partial charge in [0.15, 0.2) is 0 Å². The third kappa shape index (κ3) is 7.30. The average molecular weight is 664 g/mol. The molecular formula is C38H45N7O4. The van der Waals surface area contributed by atoms with Gasteiger partial charge in [-0.1, -0.05) is 62.4 Å². The quantitative estimate of drug-likeness (QED) is 0.150. The summed E-state index contributed by atoms with van der Waals surface area (Å²) in [6, 6.07) is 15.9. The zero-order valence-corrected chi connectivity index (χ0v) is 28.8. The van der Waals surface area contributed by atoms with Crippen molar-refractivity contribution in [1.82, 2.24) is 35.5 Å². The number of nitrogens with zero attached hydrogens (tertiary/aromatic N) is 3. The number of amides is 3. The molecule has 2 aromatic heterocycles. The highest BCUT2D eigenvalue weighted by Crippen LogP contribution is 2.35. The molecule has 2 aromatic carbocycles. The van der Waals surface area contributed by atoms with E-state index in [0.29, 0.717) is 6.54 Å². The van der Waals surface area contributed by atoms with Crippen LogP contribution in [0.3, 0.4) is 0 Å². The lowest BCUT2D eigenvalue weighted by molar-refractivity contribution is -0.135. The van der Waals surface area contributed by atoms with Crippen LogP contribution < -0.4 is 10.6 Å². The molecule has 1 fully saturated rings. The van der Waals surface area contributed by atoms with E-state index in [2.05, 4.69) is 79.1 Å². The third-order valence-electron chi connectivity index (χ3n) is 9.34. The Morgan fingerprint density at radius 2 is 1.43 bits per heavy atom. The van der Waals surface area contributed by atoms with Crippen molar-refractivity contribution >= 4 is 23.5 Å². The van der Waals surface area contributed by atoms with Gasteiger partial charge < -0.3 is 30.2 Å². The van der Waals surface area contributed by atoms with E-state index in [4.69, 9.17) is 4.74 Å². The number of allylic oxidation sites excluding steroid dienone is 1. The summed E-state index contributed by atoms with van der Waals surface area (Å²) in [5, 5.41) is 5.71. The van der Waals surface area contributed by atoms with Crippen molar-refractivity contribution < 1.29 is 19.1 Å². The Bertz CT molecular complexity index is 1840. The summed E-state index contributed by atoms with van der Waals surface area (Å²) in [4.78, 5) is 56.1. The largest absolute Gasteiger partial charge is 0.453 e. The number of carbonyl (C=O) groups excluding carboxylic acids is 3. The van der Waals surface area contributed by atoms with E-state index in [-0.39, 0.29) is 29.8 Å². The highest BCUT2D eigenvalue weighted by molar-refractivity contribution is 6.01. The van der Waals surface area contributed by atoms with Crippen molar-refractivity contribution in [2.45, 2.75) is 77.9 Å². The topological polar surface area (TPSA) is 145 Å². The summed E-state index contributed by atoms with van der Waals surface area (Å²) in [6.07, 6.45) is 7.26. The van der Waals surface area contributed by atoms with Crippen molar-refractivity contribution in [3.63, 3.8) is 0 Å². The fraction of sp³-hybridized carbons (Fsp3) is 0.395. The van der Waals surface area contributed by atoms with Crippen LogP contribution in [0.5, 0.6) is 0 Å². The molecule has 4 aromatic rings. The summed E-state index contributed by atoms with van der Waals surface area (Å²) in [6.45, 7) is 8.36. The molecule has 49 heavy (non-hydrogen) atoms. The number of alkyl carbamates (subject to hydrolysis) is 1. The Balaban J connectivity index is 1.13. The van der Waals surface area contributed by atoms with Crippen LogP contribution in [0.4, 0.5) is 4.79 Å². The molecule has 3 heterocycles. The van der Waals surface area contributed by atoms with Crippen LogP contribution >= 0.6 is 0 Å². The minimum absolute atomic E-state index is 0.00220. The van der Waals surface area contributed by atoms with E-state index < -0.39 is 12.1 Å². The number of ether oxygens (including phenoxy) is 1. The molecule has 256 valence electrons. The Morgan fingerprint density at radius 1 is 0.816 bits per heavy atom.